The highest BCUT2D eigenvalue weighted by atomic mass is 32.1. The smallest absolute Gasteiger partial charge is 0.0723 e. The van der Waals surface area contributed by atoms with Gasteiger partial charge in [-0.05, 0) is 23.9 Å². The lowest BCUT2D eigenvalue weighted by atomic mass is 9.98. The van der Waals surface area contributed by atoms with Crippen LogP contribution in [-0.4, -0.2) is 48.6 Å². The van der Waals surface area contributed by atoms with Gasteiger partial charge >= 0.3 is 0 Å². The molecule has 0 saturated carbocycles. The van der Waals surface area contributed by atoms with Gasteiger partial charge in [-0.25, -0.2) is 0 Å². The third-order valence-corrected chi connectivity index (χ3v) is 5.17. The van der Waals surface area contributed by atoms with Crippen LogP contribution in [0.2, 0.25) is 0 Å². The average molecular weight is 252 g/mol. The van der Waals surface area contributed by atoms with Crippen molar-refractivity contribution in [3.8, 4) is 0 Å². The van der Waals surface area contributed by atoms with Crippen molar-refractivity contribution < 1.29 is 0 Å². The van der Waals surface area contributed by atoms with E-state index in [4.69, 9.17) is 5.84 Å². The standard InChI is InChI=1S/C12H20N4S/c1-9-2-7-17-12(9)11(14-13)10-8-15-3-5-16(10)6-4-15/h2,7,10-11,14H,3-6,8,13H2,1H3. The van der Waals surface area contributed by atoms with Crippen molar-refractivity contribution in [3.63, 3.8) is 0 Å². The van der Waals surface area contributed by atoms with Gasteiger partial charge in [-0.1, -0.05) is 0 Å². The maximum absolute atomic E-state index is 5.81. The molecule has 4 rings (SSSR count). The molecule has 1 aromatic rings. The molecule has 0 aromatic carbocycles. The summed E-state index contributed by atoms with van der Waals surface area (Å²) in [5.41, 5.74) is 4.40. The summed E-state index contributed by atoms with van der Waals surface area (Å²) in [6.07, 6.45) is 0. The summed E-state index contributed by atoms with van der Waals surface area (Å²) < 4.78 is 0. The Labute approximate surface area is 106 Å². The first-order chi connectivity index (χ1) is 8.29. The van der Waals surface area contributed by atoms with Crippen LogP contribution in [0.3, 0.4) is 0 Å². The molecule has 2 bridgehead atoms. The molecule has 3 N–H and O–H groups in total. The molecule has 3 aliphatic rings. The molecule has 3 aliphatic heterocycles. The molecule has 1 aromatic heterocycles. The minimum atomic E-state index is 0.276. The van der Waals surface area contributed by atoms with Crippen LogP contribution in [0.4, 0.5) is 0 Å². The van der Waals surface area contributed by atoms with E-state index < -0.39 is 0 Å². The van der Waals surface area contributed by atoms with E-state index in [9.17, 15) is 0 Å². The number of hydrogen-bond acceptors (Lipinski definition) is 5. The van der Waals surface area contributed by atoms with Crippen molar-refractivity contribution in [1.29, 1.82) is 0 Å². The molecule has 4 heterocycles. The van der Waals surface area contributed by atoms with E-state index in [1.54, 1.807) is 0 Å². The number of piperazine rings is 3. The van der Waals surface area contributed by atoms with E-state index in [2.05, 4.69) is 33.6 Å². The summed E-state index contributed by atoms with van der Waals surface area (Å²) in [5, 5.41) is 2.16. The Balaban J connectivity index is 1.84. The Morgan fingerprint density at radius 2 is 2.18 bits per heavy atom. The highest BCUT2D eigenvalue weighted by Gasteiger charge is 2.37. The van der Waals surface area contributed by atoms with Crippen LogP contribution in [0.1, 0.15) is 16.5 Å². The number of hydrazine groups is 1. The normalized spacial score (nSPS) is 33.9. The first-order valence-corrected chi connectivity index (χ1v) is 7.14. The molecular formula is C12H20N4S. The largest absolute Gasteiger partial charge is 0.299 e. The molecule has 3 fully saturated rings. The molecule has 5 heteroatoms. The van der Waals surface area contributed by atoms with Gasteiger partial charge in [0.05, 0.1) is 6.04 Å². The van der Waals surface area contributed by atoms with Gasteiger partial charge in [-0.15, -0.1) is 11.3 Å². The van der Waals surface area contributed by atoms with Gasteiger partial charge in [0.2, 0.25) is 0 Å². The van der Waals surface area contributed by atoms with Crippen LogP contribution >= 0.6 is 11.3 Å². The Kier molecular flexibility index (Phi) is 3.19. The maximum Gasteiger partial charge on any atom is 0.0723 e. The van der Waals surface area contributed by atoms with E-state index >= 15 is 0 Å². The van der Waals surface area contributed by atoms with Crippen LogP contribution in [0.5, 0.6) is 0 Å². The number of hydrogen-bond donors (Lipinski definition) is 2. The second-order valence-electron chi connectivity index (χ2n) is 5.02. The van der Waals surface area contributed by atoms with Gasteiger partial charge in [0.15, 0.2) is 0 Å². The molecule has 17 heavy (non-hydrogen) atoms. The predicted molar refractivity (Wildman–Crippen MR) is 70.9 cm³/mol. The lowest BCUT2D eigenvalue weighted by Gasteiger charge is -2.49. The summed E-state index contributed by atoms with van der Waals surface area (Å²) in [7, 11) is 0. The number of aryl methyl sites for hydroxylation is 1. The second-order valence-corrected chi connectivity index (χ2v) is 5.96. The van der Waals surface area contributed by atoms with Gasteiger partial charge in [0.1, 0.15) is 0 Å². The molecule has 94 valence electrons. The number of nitrogens with zero attached hydrogens (tertiary/aromatic N) is 2. The molecular weight excluding hydrogens is 232 g/mol. The summed E-state index contributed by atoms with van der Waals surface area (Å²) >= 11 is 1.82. The zero-order valence-corrected chi connectivity index (χ0v) is 11.0. The number of fused-ring (bicyclic) bond motifs is 3. The average Bonchev–Trinajstić information content (AvgIpc) is 2.79. The summed E-state index contributed by atoms with van der Waals surface area (Å²) in [4.78, 5) is 6.54. The van der Waals surface area contributed by atoms with E-state index in [1.165, 1.54) is 36.6 Å². The van der Waals surface area contributed by atoms with Gasteiger partial charge in [0, 0.05) is 43.6 Å². The molecule has 0 spiro atoms. The molecule has 2 unspecified atom stereocenters. The number of thiophene rings is 1. The van der Waals surface area contributed by atoms with Gasteiger partial charge in [-0.3, -0.25) is 21.1 Å². The molecule has 4 nitrogen and oxygen atoms in total. The van der Waals surface area contributed by atoms with Crippen LogP contribution in [0.15, 0.2) is 11.4 Å². The predicted octanol–water partition coefficient (Wildman–Crippen LogP) is 0.561. The Hall–Kier alpha value is -0.460. The topological polar surface area (TPSA) is 44.5 Å². The van der Waals surface area contributed by atoms with E-state index in [0.717, 1.165) is 6.54 Å². The minimum Gasteiger partial charge on any atom is -0.299 e. The lowest BCUT2D eigenvalue weighted by molar-refractivity contribution is -0.00323. The van der Waals surface area contributed by atoms with E-state index in [-0.39, 0.29) is 6.04 Å². The number of nitrogens with two attached hydrogens (primary N) is 1. The highest BCUT2D eigenvalue weighted by molar-refractivity contribution is 7.10. The Bertz CT molecular complexity index is 384. The summed E-state index contributed by atoms with van der Waals surface area (Å²) in [6, 6.07) is 2.99. The van der Waals surface area contributed by atoms with Crippen molar-refractivity contribution in [1.82, 2.24) is 15.2 Å². The Morgan fingerprint density at radius 3 is 2.65 bits per heavy atom. The third kappa shape index (κ3) is 2.02. The molecule has 0 amide bonds. The fraction of sp³-hybridized carbons (Fsp3) is 0.667. The maximum atomic E-state index is 5.81. The zero-order valence-electron chi connectivity index (χ0n) is 10.2. The van der Waals surface area contributed by atoms with E-state index in [0.29, 0.717) is 6.04 Å². The summed E-state index contributed by atoms with van der Waals surface area (Å²) in [6.45, 7) is 8.13. The van der Waals surface area contributed by atoms with Crippen LogP contribution in [0.25, 0.3) is 0 Å². The van der Waals surface area contributed by atoms with Gasteiger partial charge in [0.25, 0.3) is 0 Å². The minimum absolute atomic E-state index is 0.276. The van der Waals surface area contributed by atoms with Crippen LogP contribution in [0, 0.1) is 6.92 Å². The van der Waals surface area contributed by atoms with Gasteiger partial charge < -0.3 is 0 Å². The van der Waals surface area contributed by atoms with Crippen LogP contribution in [-0.2, 0) is 0 Å². The number of nitrogens with one attached hydrogen (secondary N) is 1. The molecule has 3 saturated heterocycles. The summed E-state index contributed by atoms with van der Waals surface area (Å²) in [5.74, 6) is 5.81. The third-order valence-electron chi connectivity index (χ3n) is 4.07. The SMILES string of the molecule is Cc1ccsc1C(NN)C1CN2CCN1CC2. The van der Waals surface area contributed by atoms with Gasteiger partial charge in [-0.2, -0.15) is 0 Å². The zero-order chi connectivity index (χ0) is 11.8. The first-order valence-electron chi connectivity index (χ1n) is 6.26. The van der Waals surface area contributed by atoms with Crippen molar-refractivity contribution in [2.45, 2.75) is 19.0 Å². The quantitative estimate of drug-likeness (QED) is 0.609. The van der Waals surface area contributed by atoms with Crippen molar-refractivity contribution >= 4 is 11.3 Å². The fourth-order valence-electron chi connectivity index (χ4n) is 3.04. The van der Waals surface area contributed by atoms with E-state index in [1.807, 2.05) is 11.3 Å². The molecule has 0 radical (unpaired) electrons. The second kappa shape index (κ2) is 4.66. The molecule has 2 atom stereocenters. The molecule has 0 aliphatic carbocycles. The van der Waals surface area contributed by atoms with Crippen molar-refractivity contribution in [3.05, 3.63) is 21.9 Å². The van der Waals surface area contributed by atoms with Crippen molar-refractivity contribution in [2.75, 3.05) is 32.7 Å². The van der Waals surface area contributed by atoms with Crippen molar-refractivity contribution in [2.24, 2.45) is 5.84 Å². The monoisotopic (exact) mass is 252 g/mol. The Morgan fingerprint density at radius 1 is 1.41 bits per heavy atom. The van der Waals surface area contributed by atoms with Crippen LogP contribution < -0.4 is 11.3 Å². The number of rotatable bonds is 3. The first kappa shape index (κ1) is 11.6. The fourth-order valence-corrected chi connectivity index (χ4v) is 4.08. The lowest BCUT2D eigenvalue weighted by Crippen LogP contribution is -2.64. The highest BCUT2D eigenvalue weighted by Crippen LogP contribution is 2.31.